The van der Waals surface area contributed by atoms with Crippen molar-refractivity contribution in [3.63, 3.8) is 0 Å². The van der Waals surface area contributed by atoms with Gasteiger partial charge in [0.1, 0.15) is 0 Å². The Labute approximate surface area is 102 Å². The normalized spacial score (nSPS) is 21.1. The van der Waals surface area contributed by atoms with Crippen molar-refractivity contribution in [1.29, 1.82) is 0 Å². The Morgan fingerprint density at radius 2 is 2.00 bits per heavy atom. The van der Waals surface area contributed by atoms with E-state index < -0.39 is 9.84 Å². The van der Waals surface area contributed by atoms with Gasteiger partial charge in [-0.3, -0.25) is 0 Å². The summed E-state index contributed by atoms with van der Waals surface area (Å²) in [4.78, 5) is 0.350. The monoisotopic (exact) mass is 255 g/mol. The molecule has 1 aromatic rings. The summed E-state index contributed by atoms with van der Waals surface area (Å²) < 4.78 is 28.0. The van der Waals surface area contributed by atoms with Crippen molar-refractivity contribution in [2.45, 2.75) is 23.8 Å². The van der Waals surface area contributed by atoms with Gasteiger partial charge < -0.3 is 10.1 Å². The predicted octanol–water partition coefficient (Wildman–Crippen LogP) is 1.68. The topological polar surface area (TPSA) is 55.4 Å². The molecule has 1 aliphatic heterocycles. The standard InChI is InChI=1S/C12H17NO3S/c1-17(14,15)12-6-4-10(5-7-12)13-11-3-2-8-16-9-11/h4-7,11,13H,2-3,8-9H2,1H3. The van der Waals surface area contributed by atoms with Crippen LogP contribution in [0.15, 0.2) is 29.2 Å². The molecular formula is C12H17NO3S. The van der Waals surface area contributed by atoms with Crippen molar-refractivity contribution < 1.29 is 13.2 Å². The lowest BCUT2D eigenvalue weighted by molar-refractivity contribution is 0.0876. The second kappa shape index (κ2) is 5.06. The number of hydrogen-bond donors (Lipinski definition) is 1. The first-order valence-electron chi connectivity index (χ1n) is 5.70. The zero-order chi connectivity index (χ0) is 12.3. The molecule has 0 radical (unpaired) electrons. The van der Waals surface area contributed by atoms with E-state index in [1.54, 1.807) is 24.3 Å². The molecule has 1 aliphatic rings. The molecule has 0 aromatic heterocycles. The number of nitrogens with one attached hydrogen (secondary N) is 1. The van der Waals surface area contributed by atoms with Gasteiger partial charge in [-0.15, -0.1) is 0 Å². The minimum Gasteiger partial charge on any atom is -0.380 e. The van der Waals surface area contributed by atoms with Crippen molar-refractivity contribution >= 4 is 15.5 Å². The summed E-state index contributed by atoms with van der Waals surface area (Å²) in [6.45, 7) is 1.55. The molecule has 94 valence electrons. The molecule has 17 heavy (non-hydrogen) atoms. The van der Waals surface area contributed by atoms with Gasteiger partial charge in [-0.2, -0.15) is 0 Å². The maximum Gasteiger partial charge on any atom is 0.175 e. The molecule has 2 rings (SSSR count). The van der Waals surface area contributed by atoms with Gasteiger partial charge in [-0.25, -0.2) is 8.42 Å². The van der Waals surface area contributed by atoms with Crippen LogP contribution in [-0.2, 0) is 14.6 Å². The maximum atomic E-state index is 11.3. The Hall–Kier alpha value is -1.07. The summed E-state index contributed by atoms with van der Waals surface area (Å²) in [5.74, 6) is 0. The van der Waals surface area contributed by atoms with Gasteiger partial charge in [0.05, 0.1) is 11.5 Å². The molecular weight excluding hydrogens is 238 g/mol. The van der Waals surface area contributed by atoms with Gasteiger partial charge in [-0.1, -0.05) is 0 Å². The van der Waals surface area contributed by atoms with E-state index in [1.165, 1.54) is 6.26 Å². The smallest absolute Gasteiger partial charge is 0.175 e. The molecule has 0 saturated carbocycles. The Morgan fingerprint density at radius 3 is 2.53 bits per heavy atom. The highest BCUT2D eigenvalue weighted by Crippen LogP contribution is 2.17. The molecule has 0 aliphatic carbocycles. The van der Waals surface area contributed by atoms with E-state index in [0.29, 0.717) is 17.5 Å². The lowest BCUT2D eigenvalue weighted by atomic mass is 10.1. The fourth-order valence-electron chi connectivity index (χ4n) is 1.89. The summed E-state index contributed by atoms with van der Waals surface area (Å²) in [5.41, 5.74) is 0.938. The van der Waals surface area contributed by atoms with E-state index in [2.05, 4.69) is 5.32 Å². The molecule has 0 amide bonds. The van der Waals surface area contributed by atoms with Crippen LogP contribution in [0.1, 0.15) is 12.8 Å². The molecule has 0 bridgehead atoms. The first-order chi connectivity index (χ1) is 8.05. The lowest BCUT2D eigenvalue weighted by Crippen LogP contribution is -2.29. The van der Waals surface area contributed by atoms with E-state index >= 15 is 0 Å². The molecule has 1 N–H and O–H groups in total. The van der Waals surface area contributed by atoms with Crippen molar-refractivity contribution in [2.75, 3.05) is 24.8 Å². The van der Waals surface area contributed by atoms with Crippen LogP contribution in [0.3, 0.4) is 0 Å². The molecule has 0 spiro atoms. The molecule has 1 saturated heterocycles. The number of hydrogen-bond acceptors (Lipinski definition) is 4. The first kappa shape index (κ1) is 12.4. The fourth-order valence-corrected chi connectivity index (χ4v) is 2.52. The van der Waals surface area contributed by atoms with Crippen molar-refractivity contribution in [2.24, 2.45) is 0 Å². The van der Waals surface area contributed by atoms with Gasteiger partial charge in [0.2, 0.25) is 0 Å². The average Bonchev–Trinajstić information content (AvgIpc) is 2.30. The number of sulfone groups is 1. The third-order valence-corrected chi connectivity index (χ3v) is 3.94. The highest BCUT2D eigenvalue weighted by molar-refractivity contribution is 7.90. The summed E-state index contributed by atoms with van der Waals surface area (Å²) in [5, 5.41) is 3.34. The van der Waals surface area contributed by atoms with Crippen LogP contribution < -0.4 is 5.32 Å². The Morgan fingerprint density at radius 1 is 1.29 bits per heavy atom. The second-order valence-corrected chi connectivity index (χ2v) is 6.37. The van der Waals surface area contributed by atoms with E-state index in [4.69, 9.17) is 4.74 Å². The molecule has 1 atom stereocenters. The van der Waals surface area contributed by atoms with E-state index in [0.717, 1.165) is 25.1 Å². The predicted molar refractivity (Wildman–Crippen MR) is 67.0 cm³/mol. The van der Waals surface area contributed by atoms with Crippen molar-refractivity contribution in [3.05, 3.63) is 24.3 Å². The molecule has 4 nitrogen and oxygen atoms in total. The Bertz CT molecular complexity index is 461. The molecule has 1 unspecified atom stereocenters. The lowest BCUT2D eigenvalue weighted by Gasteiger charge is -2.24. The largest absolute Gasteiger partial charge is 0.380 e. The van der Waals surface area contributed by atoms with Crippen LogP contribution in [-0.4, -0.2) is 33.9 Å². The summed E-state index contributed by atoms with van der Waals surface area (Å²) in [6, 6.07) is 7.17. The van der Waals surface area contributed by atoms with Gasteiger partial charge >= 0.3 is 0 Å². The summed E-state index contributed by atoms with van der Waals surface area (Å²) in [7, 11) is -3.11. The minimum absolute atomic E-state index is 0.327. The first-order valence-corrected chi connectivity index (χ1v) is 7.59. The van der Waals surface area contributed by atoms with E-state index in [9.17, 15) is 8.42 Å². The van der Waals surface area contributed by atoms with Gasteiger partial charge in [-0.05, 0) is 37.1 Å². The fraction of sp³-hybridized carbons (Fsp3) is 0.500. The van der Waals surface area contributed by atoms with Gasteiger partial charge in [0.15, 0.2) is 9.84 Å². The van der Waals surface area contributed by atoms with E-state index in [-0.39, 0.29) is 0 Å². The van der Waals surface area contributed by atoms with Gasteiger partial charge in [0, 0.05) is 24.6 Å². The highest BCUT2D eigenvalue weighted by atomic mass is 32.2. The van der Waals surface area contributed by atoms with Crippen molar-refractivity contribution in [3.8, 4) is 0 Å². The van der Waals surface area contributed by atoms with Crippen LogP contribution >= 0.6 is 0 Å². The van der Waals surface area contributed by atoms with Crippen LogP contribution in [0, 0.1) is 0 Å². The van der Waals surface area contributed by atoms with Gasteiger partial charge in [0.25, 0.3) is 0 Å². The third kappa shape index (κ3) is 3.44. The van der Waals surface area contributed by atoms with Crippen LogP contribution in [0.2, 0.25) is 0 Å². The maximum absolute atomic E-state index is 11.3. The van der Waals surface area contributed by atoms with Crippen LogP contribution in [0.25, 0.3) is 0 Å². The summed E-state index contributed by atoms with van der Waals surface area (Å²) in [6.07, 6.45) is 3.37. The third-order valence-electron chi connectivity index (χ3n) is 2.81. The molecule has 1 aromatic carbocycles. The molecule has 5 heteroatoms. The number of ether oxygens (including phenoxy) is 1. The zero-order valence-corrected chi connectivity index (χ0v) is 10.7. The highest BCUT2D eigenvalue weighted by Gasteiger charge is 2.13. The quantitative estimate of drug-likeness (QED) is 0.893. The minimum atomic E-state index is -3.11. The number of anilines is 1. The molecule has 1 fully saturated rings. The van der Waals surface area contributed by atoms with Crippen LogP contribution in [0.5, 0.6) is 0 Å². The Balaban J connectivity index is 2.03. The van der Waals surface area contributed by atoms with Crippen LogP contribution in [0.4, 0.5) is 5.69 Å². The molecule has 1 heterocycles. The zero-order valence-electron chi connectivity index (χ0n) is 9.85. The number of benzene rings is 1. The van der Waals surface area contributed by atoms with E-state index in [1.807, 2.05) is 0 Å². The Kier molecular flexibility index (Phi) is 3.69. The van der Waals surface area contributed by atoms with Crippen molar-refractivity contribution in [1.82, 2.24) is 0 Å². The average molecular weight is 255 g/mol. The second-order valence-electron chi connectivity index (χ2n) is 4.35. The number of rotatable bonds is 3. The SMILES string of the molecule is CS(=O)(=O)c1ccc(NC2CCCOC2)cc1. The summed E-state index contributed by atoms with van der Waals surface area (Å²) >= 11 is 0.